The summed E-state index contributed by atoms with van der Waals surface area (Å²) in [5.74, 6) is -0.0121. The lowest BCUT2D eigenvalue weighted by molar-refractivity contribution is -0.116. The van der Waals surface area contributed by atoms with Crippen LogP contribution in [0.15, 0.2) is 18.2 Å². The van der Waals surface area contributed by atoms with E-state index in [0.717, 1.165) is 39.3 Å². The number of amides is 1. The minimum absolute atomic E-state index is 0.0121. The van der Waals surface area contributed by atoms with E-state index in [0.29, 0.717) is 22.8 Å². The number of carbonyl (C=O) groups is 1. The molecule has 1 saturated heterocycles. The first-order valence-electron chi connectivity index (χ1n) is 7.38. The molecule has 1 aromatic carbocycles. The predicted octanol–water partition coefficient (Wildman–Crippen LogP) is 1.89. The lowest BCUT2D eigenvalue weighted by atomic mass is 10.2. The highest BCUT2D eigenvalue weighted by Crippen LogP contribution is 2.22. The summed E-state index contributed by atoms with van der Waals surface area (Å²) in [7, 11) is 0. The van der Waals surface area contributed by atoms with Crippen LogP contribution in [-0.2, 0) is 4.79 Å². The molecule has 0 spiro atoms. The number of nitrogens with two attached hydrogens (primary N) is 1. The lowest BCUT2D eigenvalue weighted by Gasteiger charge is -2.33. The number of benzene rings is 1. The summed E-state index contributed by atoms with van der Waals surface area (Å²) >= 11 is 5.84. The van der Waals surface area contributed by atoms with Gasteiger partial charge in [-0.05, 0) is 24.7 Å². The van der Waals surface area contributed by atoms with Crippen LogP contribution >= 0.6 is 11.6 Å². The average Bonchev–Trinajstić information content (AvgIpc) is 2.48. The van der Waals surface area contributed by atoms with Gasteiger partial charge in [-0.2, -0.15) is 0 Å². The van der Waals surface area contributed by atoms with Gasteiger partial charge >= 0.3 is 0 Å². The van der Waals surface area contributed by atoms with Crippen LogP contribution in [0.2, 0.25) is 5.02 Å². The minimum Gasteiger partial charge on any atom is -0.397 e. The number of rotatable bonds is 5. The minimum atomic E-state index is -0.0121. The Hall–Kier alpha value is -1.30. The molecule has 1 amide bonds. The fourth-order valence-corrected chi connectivity index (χ4v) is 2.63. The van der Waals surface area contributed by atoms with Gasteiger partial charge < -0.3 is 20.9 Å². The maximum atomic E-state index is 12.0. The van der Waals surface area contributed by atoms with Crippen molar-refractivity contribution in [2.75, 3.05) is 50.3 Å². The number of halogens is 1. The Bertz CT molecular complexity index is 487. The van der Waals surface area contributed by atoms with Gasteiger partial charge in [0.1, 0.15) is 0 Å². The molecule has 1 fully saturated rings. The first-order chi connectivity index (χ1) is 10.1. The molecule has 0 radical (unpaired) electrons. The Labute approximate surface area is 131 Å². The van der Waals surface area contributed by atoms with E-state index in [1.807, 2.05) is 0 Å². The fourth-order valence-electron chi connectivity index (χ4n) is 2.45. The third-order valence-electron chi connectivity index (χ3n) is 3.85. The number of carbonyl (C=O) groups excluding carboxylic acids is 1. The highest BCUT2D eigenvalue weighted by atomic mass is 35.5. The molecule has 0 unspecified atom stereocenters. The molecule has 2 rings (SSSR count). The highest BCUT2D eigenvalue weighted by Gasteiger charge is 2.16. The zero-order valence-corrected chi connectivity index (χ0v) is 13.2. The Balaban J connectivity index is 1.75. The van der Waals surface area contributed by atoms with Gasteiger partial charge in [0, 0.05) is 44.2 Å². The van der Waals surface area contributed by atoms with Crippen molar-refractivity contribution in [2.45, 2.75) is 13.3 Å². The smallest absolute Gasteiger partial charge is 0.225 e. The summed E-state index contributed by atoms with van der Waals surface area (Å²) in [6.45, 7) is 8.31. The van der Waals surface area contributed by atoms with Gasteiger partial charge in [0.25, 0.3) is 0 Å². The van der Waals surface area contributed by atoms with Crippen molar-refractivity contribution in [3.05, 3.63) is 23.2 Å². The van der Waals surface area contributed by atoms with Gasteiger partial charge in [0.2, 0.25) is 5.91 Å². The van der Waals surface area contributed by atoms with E-state index >= 15 is 0 Å². The van der Waals surface area contributed by atoms with Crippen molar-refractivity contribution in [1.82, 2.24) is 9.80 Å². The maximum absolute atomic E-state index is 12.0. The lowest BCUT2D eigenvalue weighted by Crippen LogP contribution is -2.46. The van der Waals surface area contributed by atoms with Gasteiger partial charge in [0.15, 0.2) is 0 Å². The molecule has 116 valence electrons. The van der Waals surface area contributed by atoms with Crippen LogP contribution in [0.5, 0.6) is 0 Å². The standard InChI is InChI=1S/C15H23ClN4O/c1-2-19-7-9-20(10-8-19)6-5-15(21)18-14-4-3-12(16)11-13(14)17/h3-4,11H,2,5-10,17H2,1H3,(H,18,21). The molecule has 1 aromatic rings. The second kappa shape index (κ2) is 7.64. The molecular weight excluding hydrogens is 288 g/mol. The Kier molecular flexibility index (Phi) is 5.85. The van der Waals surface area contributed by atoms with E-state index in [1.54, 1.807) is 18.2 Å². The molecule has 0 bridgehead atoms. The molecular formula is C15H23ClN4O. The monoisotopic (exact) mass is 310 g/mol. The van der Waals surface area contributed by atoms with E-state index in [2.05, 4.69) is 22.0 Å². The molecule has 1 heterocycles. The zero-order chi connectivity index (χ0) is 15.2. The molecule has 1 aliphatic rings. The molecule has 0 aliphatic carbocycles. The predicted molar refractivity (Wildman–Crippen MR) is 87.7 cm³/mol. The van der Waals surface area contributed by atoms with Gasteiger partial charge in [-0.3, -0.25) is 4.79 Å². The molecule has 0 atom stereocenters. The second-order valence-corrected chi connectivity index (χ2v) is 5.74. The van der Waals surface area contributed by atoms with E-state index in [9.17, 15) is 4.79 Å². The number of piperazine rings is 1. The number of likely N-dealkylation sites (N-methyl/N-ethyl adjacent to an activating group) is 1. The van der Waals surface area contributed by atoms with E-state index in [4.69, 9.17) is 17.3 Å². The van der Waals surface area contributed by atoms with Crippen molar-refractivity contribution in [3.63, 3.8) is 0 Å². The normalized spacial score (nSPS) is 16.9. The number of nitrogen functional groups attached to an aromatic ring is 1. The van der Waals surface area contributed by atoms with Crippen LogP contribution < -0.4 is 11.1 Å². The van der Waals surface area contributed by atoms with E-state index in [1.165, 1.54) is 0 Å². The molecule has 0 aromatic heterocycles. The zero-order valence-electron chi connectivity index (χ0n) is 12.4. The van der Waals surface area contributed by atoms with Gasteiger partial charge in [-0.15, -0.1) is 0 Å². The largest absolute Gasteiger partial charge is 0.397 e. The number of nitrogens with zero attached hydrogens (tertiary/aromatic N) is 2. The summed E-state index contributed by atoms with van der Waals surface area (Å²) in [5, 5.41) is 3.41. The van der Waals surface area contributed by atoms with E-state index in [-0.39, 0.29) is 5.91 Å². The molecule has 0 saturated carbocycles. The third-order valence-corrected chi connectivity index (χ3v) is 4.09. The highest BCUT2D eigenvalue weighted by molar-refractivity contribution is 6.31. The molecule has 3 N–H and O–H groups in total. The van der Waals surface area contributed by atoms with Crippen LogP contribution in [0, 0.1) is 0 Å². The first kappa shape index (κ1) is 16.1. The van der Waals surface area contributed by atoms with Crippen LogP contribution in [0.1, 0.15) is 13.3 Å². The average molecular weight is 311 g/mol. The van der Waals surface area contributed by atoms with Crippen LogP contribution in [-0.4, -0.2) is 55.0 Å². The van der Waals surface area contributed by atoms with Gasteiger partial charge in [-0.1, -0.05) is 18.5 Å². The maximum Gasteiger partial charge on any atom is 0.225 e. The van der Waals surface area contributed by atoms with Crippen LogP contribution in [0.25, 0.3) is 0 Å². The molecule has 21 heavy (non-hydrogen) atoms. The second-order valence-electron chi connectivity index (χ2n) is 5.31. The summed E-state index contributed by atoms with van der Waals surface area (Å²) in [6, 6.07) is 5.09. The number of hydrogen-bond acceptors (Lipinski definition) is 4. The number of anilines is 2. The van der Waals surface area contributed by atoms with E-state index < -0.39 is 0 Å². The SMILES string of the molecule is CCN1CCN(CCC(=O)Nc2ccc(Cl)cc2N)CC1. The fraction of sp³-hybridized carbons (Fsp3) is 0.533. The topological polar surface area (TPSA) is 61.6 Å². The van der Waals surface area contributed by atoms with Gasteiger partial charge in [0.05, 0.1) is 11.4 Å². The van der Waals surface area contributed by atoms with Crippen molar-refractivity contribution in [1.29, 1.82) is 0 Å². The van der Waals surface area contributed by atoms with Crippen molar-refractivity contribution in [3.8, 4) is 0 Å². The molecule has 5 nitrogen and oxygen atoms in total. The van der Waals surface area contributed by atoms with Crippen LogP contribution in [0.3, 0.4) is 0 Å². The van der Waals surface area contributed by atoms with Crippen molar-refractivity contribution >= 4 is 28.9 Å². The molecule has 6 heteroatoms. The van der Waals surface area contributed by atoms with Crippen LogP contribution in [0.4, 0.5) is 11.4 Å². The quantitative estimate of drug-likeness (QED) is 0.815. The Morgan fingerprint density at radius 1 is 1.29 bits per heavy atom. The summed E-state index contributed by atoms with van der Waals surface area (Å²) < 4.78 is 0. The molecule has 1 aliphatic heterocycles. The third kappa shape index (κ3) is 4.88. The van der Waals surface area contributed by atoms with Gasteiger partial charge in [-0.25, -0.2) is 0 Å². The first-order valence-corrected chi connectivity index (χ1v) is 7.76. The summed E-state index contributed by atoms with van der Waals surface area (Å²) in [6.07, 6.45) is 0.480. The summed E-state index contributed by atoms with van der Waals surface area (Å²) in [5.41, 5.74) is 6.94. The number of nitrogens with one attached hydrogen (secondary N) is 1. The number of hydrogen-bond donors (Lipinski definition) is 2. The Morgan fingerprint density at radius 3 is 2.57 bits per heavy atom. The summed E-state index contributed by atoms with van der Waals surface area (Å²) in [4.78, 5) is 16.7. The van der Waals surface area contributed by atoms with Crippen molar-refractivity contribution < 1.29 is 4.79 Å². The van der Waals surface area contributed by atoms with Crippen molar-refractivity contribution in [2.24, 2.45) is 0 Å². The Morgan fingerprint density at radius 2 is 1.95 bits per heavy atom.